The largest absolute Gasteiger partial charge is 0.497 e. The molecular formula is C18H20N4O5S. The third kappa shape index (κ3) is 3.86. The molecule has 0 aliphatic carbocycles. The number of hydrogen-bond acceptors (Lipinski definition) is 7. The van der Waals surface area contributed by atoms with Gasteiger partial charge in [-0.3, -0.25) is 4.40 Å². The Kier molecular flexibility index (Phi) is 5.99. The quantitative estimate of drug-likeness (QED) is 0.652. The number of thiazole rings is 1. The summed E-state index contributed by atoms with van der Waals surface area (Å²) in [5.74, 6) is 1.03. The summed E-state index contributed by atoms with van der Waals surface area (Å²) < 4.78 is 16.9. The summed E-state index contributed by atoms with van der Waals surface area (Å²) in [4.78, 5) is 29.9. The number of amides is 2. The Bertz CT molecular complexity index is 966. The van der Waals surface area contributed by atoms with Gasteiger partial charge in [-0.1, -0.05) is 0 Å². The summed E-state index contributed by atoms with van der Waals surface area (Å²) in [7, 11) is 1.58. The summed E-state index contributed by atoms with van der Waals surface area (Å²) in [6, 6.07) is 7.23. The second kappa shape index (κ2) is 8.61. The lowest BCUT2D eigenvalue weighted by Gasteiger charge is -2.22. The second-order valence-corrected chi connectivity index (χ2v) is 6.31. The maximum Gasteiger partial charge on any atom is 0.435 e. The molecule has 3 rings (SSSR count). The van der Waals surface area contributed by atoms with E-state index in [2.05, 4.69) is 10.4 Å². The van der Waals surface area contributed by atoms with Gasteiger partial charge in [-0.05, 0) is 38.1 Å². The van der Waals surface area contributed by atoms with Crippen LogP contribution in [0, 0.1) is 0 Å². The van der Waals surface area contributed by atoms with Gasteiger partial charge in [0.15, 0.2) is 10.8 Å². The summed E-state index contributed by atoms with van der Waals surface area (Å²) in [5.41, 5.74) is 3.68. The zero-order chi connectivity index (χ0) is 20.1. The van der Waals surface area contributed by atoms with Gasteiger partial charge in [0.25, 0.3) is 0 Å². The van der Waals surface area contributed by atoms with Gasteiger partial charge in [0.1, 0.15) is 11.4 Å². The predicted molar refractivity (Wildman–Crippen MR) is 105 cm³/mol. The lowest BCUT2D eigenvalue weighted by Crippen LogP contribution is -2.47. The number of methoxy groups -OCH3 is 1. The summed E-state index contributed by atoms with van der Waals surface area (Å²) in [6.07, 6.45) is 0.230. The molecule has 0 fully saturated rings. The number of benzene rings is 1. The molecule has 0 bridgehead atoms. The van der Waals surface area contributed by atoms with Gasteiger partial charge >= 0.3 is 12.2 Å². The number of aromatic nitrogens is 2. The van der Waals surface area contributed by atoms with E-state index in [4.69, 9.17) is 14.2 Å². The number of imidazole rings is 1. The smallest absolute Gasteiger partial charge is 0.435 e. The summed E-state index contributed by atoms with van der Waals surface area (Å²) in [5, 5.41) is 2.84. The number of carbonyl (C=O) groups excluding carboxylic acids is 2. The fourth-order valence-electron chi connectivity index (χ4n) is 2.56. The van der Waals surface area contributed by atoms with Crippen LogP contribution in [0.5, 0.6) is 5.75 Å². The molecule has 148 valence electrons. The molecule has 0 saturated carbocycles. The number of nitrogens with one attached hydrogen (secondary N) is 1. The first kappa shape index (κ1) is 19.5. The molecule has 3 aromatic rings. The number of hydrogen-bond donors (Lipinski definition) is 1. The molecule has 0 radical (unpaired) electrons. The van der Waals surface area contributed by atoms with Crippen LogP contribution in [0.25, 0.3) is 16.2 Å². The lowest BCUT2D eigenvalue weighted by molar-refractivity contribution is 0.138. The van der Waals surface area contributed by atoms with Gasteiger partial charge in [0.2, 0.25) is 0 Å². The molecule has 2 amide bonds. The van der Waals surface area contributed by atoms with E-state index in [1.807, 2.05) is 17.5 Å². The molecule has 1 aromatic carbocycles. The number of fused-ring (bicyclic) bond motifs is 1. The maximum absolute atomic E-state index is 12.6. The van der Waals surface area contributed by atoms with E-state index < -0.39 is 12.2 Å². The Labute approximate surface area is 165 Å². The van der Waals surface area contributed by atoms with Gasteiger partial charge in [-0.2, -0.15) is 5.01 Å². The van der Waals surface area contributed by atoms with Crippen molar-refractivity contribution in [3.8, 4) is 17.0 Å². The third-order valence-corrected chi connectivity index (χ3v) is 4.50. The van der Waals surface area contributed by atoms with Crippen molar-refractivity contribution in [2.75, 3.05) is 25.3 Å². The SMILES string of the molecule is CCOC(=O)NN(C(=O)OCC)c1c(-c2ccc(OC)cc2)nc2sccn12. The second-order valence-electron chi connectivity index (χ2n) is 5.43. The normalized spacial score (nSPS) is 10.5. The van der Waals surface area contributed by atoms with Gasteiger partial charge in [0.05, 0.1) is 20.3 Å². The lowest BCUT2D eigenvalue weighted by atomic mass is 10.1. The molecule has 1 N–H and O–H groups in total. The molecule has 9 nitrogen and oxygen atoms in total. The highest BCUT2D eigenvalue weighted by Crippen LogP contribution is 2.34. The molecule has 2 aromatic heterocycles. The van der Waals surface area contributed by atoms with Crippen molar-refractivity contribution in [2.45, 2.75) is 13.8 Å². The number of rotatable bonds is 5. The van der Waals surface area contributed by atoms with Gasteiger partial charge < -0.3 is 14.2 Å². The number of anilines is 1. The molecule has 0 atom stereocenters. The molecule has 0 aliphatic heterocycles. The standard InChI is InChI=1S/C18H20N4O5S/c1-4-26-17(23)20-22(18(24)27-5-2)15-14(19-16-21(15)10-11-28-16)12-6-8-13(25-3)9-7-12/h6-11H,4-5H2,1-3H3,(H,20,23). The van der Waals surface area contributed by atoms with Crippen LogP contribution in [0.4, 0.5) is 15.4 Å². The number of carbonyl (C=O) groups is 2. The molecule has 0 unspecified atom stereocenters. The highest BCUT2D eigenvalue weighted by atomic mass is 32.1. The predicted octanol–water partition coefficient (Wildman–Crippen LogP) is 3.70. The number of hydrazine groups is 1. The first-order valence-corrected chi connectivity index (χ1v) is 9.47. The highest BCUT2D eigenvalue weighted by Gasteiger charge is 2.28. The van der Waals surface area contributed by atoms with E-state index in [0.717, 1.165) is 10.6 Å². The molecule has 10 heteroatoms. The van der Waals surface area contributed by atoms with Crippen molar-refractivity contribution < 1.29 is 23.8 Å². The van der Waals surface area contributed by atoms with Crippen LogP contribution in [-0.2, 0) is 9.47 Å². The van der Waals surface area contributed by atoms with Crippen molar-refractivity contribution in [1.82, 2.24) is 14.8 Å². The van der Waals surface area contributed by atoms with Crippen LogP contribution in [-0.4, -0.2) is 41.9 Å². The van der Waals surface area contributed by atoms with Crippen molar-refractivity contribution in [2.24, 2.45) is 0 Å². The van der Waals surface area contributed by atoms with Gasteiger partial charge in [-0.15, -0.1) is 11.3 Å². The minimum Gasteiger partial charge on any atom is -0.497 e. The van der Waals surface area contributed by atoms with E-state index in [1.54, 1.807) is 43.7 Å². The first-order chi connectivity index (χ1) is 13.6. The Morgan fingerprint density at radius 2 is 1.89 bits per heavy atom. The summed E-state index contributed by atoms with van der Waals surface area (Å²) in [6.45, 7) is 3.66. The molecule has 0 saturated heterocycles. The zero-order valence-corrected chi connectivity index (χ0v) is 16.5. The van der Waals surface area contributed by atoms with Crippen molar-refractivity contribution in [1.29, 1.82) is 0 Å². The van der Waals surface area contributed by atoms with E-state index in [-0.39, 0.29) is 13.2 Å². The average molecular weight is 404 g/mol. The Hall–Kier alpha value is -3.27. The van der Waals surface area contributed by atoms with Crippen molar-refractivity contribution >= 4 is 34.3 Å². The van der Waals surface area contributed by atoms with E-state index in [9.17, 15) is 9.59 Å². The van der Waals surface area contributed by atoms with Crippen molar-refractivity contribution in [3.63, 3.8) is 0 Å². The third-order valence-electron chi connectivity index (χ3n) is 3.74. The fraction of sp³-hybridized carbons (Fsp3) is 0.278. The average Bonchev–Trinajstić information content (AvgIpc) is 3.28. The molecule has 0 aliphatic rings. The van der Waals surface area contributed by atoms with Crippen LogP contribution < -0.4 is 15.2 Å². The minimum atomic E-state index is -0.776. The monoisotopic (exact) mass is 404 g/mol. The Morgan fingerprint density at radius 3 is 2.54 bits per heavy atom. The van der Waals surface area contributed by atoms with Crippen LogP contribution in [0.1, 0.15) is 13.8 Å². The first-order valence-electron chi connectivity index (χ1n) is 8.59. The Balaban J connectivity index is 2.11. The molecule has 0 spiro atoms. The highest BCUT2D eigenvalue weighted by molar-refractivity contribution is 7.15. The van der Waals surface area contributed by atoms with Crippen LogP contribution in [0.3, 0.4) is 0 Å². The molecule has 28 heavy (non-hydrogen) atoms. The van der Waals surface area contributed by atoms with E-state index in [1.165, 1.54) is 11.3 Å². The molecule has 2 heterocycles. The summed E-state index contributed by atoms with van der Waals surface area (Å²) >= 11 is 1.40. The van der Waals surface area contributed by atoms with E-state index in [0.29, 0.717) is 22.2 Å². The van der Waals surface area contributed by atoms with Crippen LogP contribution in [0.2, 0.25) is 0 Å². The molecular weight excluding hydrogens is 384 g/mol. The van der Waals surface area contributed by atoms with Crippen LogP contribution in [0.15, 0.2) is 35.8 Å². The van der Waals surface area contributed by atoms with Crippen molar-refractivity contribution in [3.05, 3.63) is 35.8 Å². The van der Waals surface area contributed by atoms with Gasteiger partial charge in [0, 0.05) is 17.1 Å². The minimum absolute atomic E-state index is 0.142. The Morgan fingerprint density at radius 1 is 1.18 bits per heavy atom. The topological polar surface area (TPSA) is 94.4 Å². The maximum atomic E-state index is 12.6. The fourth-order valence-corrected chi connectivity index (χ4v) is 3.27. The van der Waals surface area contributed by atoms with Crippen LogP contribution >= 0.6 is 11.3 Å². The zero-order valence-electron chi connectivity index (χ0n) is 15.7. The number of ether oxygens (including phenoxy) is 3. The number of nitrogens with zero attached hydrogens (tertiary/aromatic N) is 3. The van der Waals surface area contributed by atoms with E-state index >= 15 is 0 Å². The van der Waals surface area contributed by atoms with Gasteiger partial charge in [-0.25, -0.2) is 20.0 Å².